The average Bonchev–Trinajstić information content (AvgIpc) is 2.69. The monoisotopic (exact) mass is 419 g/mol. The van der Waals surface area contributed by atoms with Gasteiger partial charge in [-0.1, -0.05) is 32.9 Å². The second kappa shape index (κ2) is 8.67. The normalized spacial score (nSPS) is 20.3. The Morgan fingerprint density at radius 1 is 0.966 bits per heavy atom. The Labute approximate surface area is 172 Å². The predicted octanol–water partition coefficient (Wildman–Crippen LogP) is 3.45. The van der Waals surface area contributed by atoms with Gasteiger partial charge in [-0.2, -0.15) is 0 Å². The van der Waals surface area contributed by atoms with Crippen molar-refractivity contribution in [2.45, 2.75) is 68.9 Å². The number of ether oxygens (including phenoxy) is 2. The number of nitrogens with one attached hydrogen (secondary N) is 1. The van der Waals surface area contributed by atoms with Gasteiger partial charge in [-0.15, -0.1) is 0 Å². The van der Waals surface area contributed by atoms with Crippen LogP contribution in [0.5, 0.6) is 11.8 Å². The van der Waals surface area contributed by atoms with Crippen LogP contribution in [0.4, 0.5) is 0 Å². The Morgan fingerprint density at radius 3 is 2.10 bits per heavy atom. The first-order valence-electron chi connectivity index (χ1n) is 9.83. The first-order chi connectivity index (χ1) is 13.7. The van der Waals surface area contributed by atoms with Gasteiger partial charge in [0.1, 0.15) is 6.10 Å². The third-order valence-corrected chi connectivity index (χ3v) is 6.67. The van der Waals surface area contributed by atoms with E-state index in [-0.39, 0.29) is 17.6 Å². The maximum atomic E-state index is 12.7. The molecule has 0 unspecified atom stereocenters. The van der Waals surface area contributed by atoms with E-state index in [0.29, 0.717) is 29.5 Å². The van der Waals surface area contributed by atoms with E-state index in [2.05, 4.69) is 35.5 Å². The lowest BCUT2D eigenvalue weighted by molar-refractivity contribution is 0.132. The molecule has 158 valence electrons. The lowest BCUT2D eigenvalue weighted by Crippen LogP contribution is -2.39. The second-order valence-electron chi connectivity index (χ2n) is 8.36. The van der Waals surface area contributed by atoms with Crippen molar-refractivity contribution >= 4 is 10.0 Å². The Morgan fingerprint density at radius 2 is 1.55 bits per heavy atom. The zero-order valence-corrected chi connectivity index (χ0v) is 18.2. The summed E-state index contributed by atoms with van der Waals surface area (Å²) in [6.45, 7) is 6.31. The maximum absolute atomic E-state index is 12.7. The van der Waals surface area contributed by atoms with Gasteiger partial charge in [0, 0.05) is 18.4 Å². The van der Waals surface area contributed by atoms with Gasteiger partial charge in [-0.3, -0.25) is 0 Å². The van der Waals surface area contributed by atoms with Crippen LogP contribution in [0.15, 0.2) is 41.6 Å². The van der Waals surface area contributed by atoms with E-state index in [1.807, 2.05) is 12.1 Å². The van der Waals surface area contributed by atoms with E-state index in [4.69, 9.17) is 9.47 Å². The lowest BCUT2D eigenvalue weighted by Gasteiger charge is -2.29. The van der Waals surface area contributed by atoms with E-state index in [1.165, 1.54) is 7.11 Å². The van der Waals surface area contributed by atoms with Crippen LogP contribution < -0.4 is 14.2 Å². The van der Waals surface area contributed by atoms with Crippen molar-refractivity contribution in [3.63, 3.8) is 0 Å². The third-order valence-electron chi connectivity index (χ3n) is 5.13. The summed E-state index contributed by atoms with van der Waals surface area (Å²) in [4.78, 5) is 8.54. The molecule has 0 spiro atoms. The van der Waals surface area contributed by atoms with Gasteiger partial charge in [-0.25, -0.2) is 23.1 Å². The van der Waals surface area contributed by atoms with Gasteiger partial charge < -0.3 is 9.47 Å². The molecule has 3 rings (SSSR count). The minimum absolute atomic E-state index is 0.0140. The first kappa shape index (κ1) is 21.5. The fourth-order valence-corrected chi connectivity index (χ4v) is 4.72. The molecule has 1 aliphatic rings. The van der Waals surface area contributed by atoms with Crippen molar-refractivity contribution in [3.8, 4) is 11.8 Å². The molecule has 0 saturated heterocycles. The van der Waals surface area contributed by atoms with Gasteiger partial charge in [0.25, 0.3) is 11.8 Å². The summed E-state index contributed by atoms with van der Waals surface area (Å²) < 4.78 is 39.4. The molecule has 29 heavy (non-hydrogen) atoms. The quantitative estimate of drug-likeness (QED) is 0.771. The van der Waals surface area contributed by atoms with E-state index in [0.717, 1.165) is 18.4 Å². The molecule has 1 aliphatic carbocycles. The van der Waals surface area contributed by atoms with Crippen LogP contribution >= 0.6 is 0 Å². The van der Waals surface area contributed by atoms with Gasteiger partial charge in [0.2, 0.25) is 10.0 Å². The van der Waals surface area contributed by atoms with Gasteiger partial charge >= 0.3 is 0 Å². The maximum Gasteiger partial charge on any atom is 0.278 e. The van der Waals surface area contributed by atoms with Crippen molar-refractivity contribution in [2.75, 3.05) is 7.11 Å². The smallest absolute Gasteiger partial charge is 0.278 e. The molecule has 0 aliphatic heterocycles. The number of aromatic nitrogens is 2. The molecule has 8 heteroatoms. The first-order valence-corrected chi connectivity index (χ1v) is 11.3. The Bertz CT molecular complexity index is 916. The minimum atomic E-state index is -3.54. The number of hydrogen-bond donors (Lipinski definition) is 1. The number of sulfonamides is 1. The fourth-order valence-electron chi connectivity index (χ4n) is 3.41. The van der Waals surface area contributed by atoms with Crippen molar-refractivity contribution in [3.05, 3.63) is 42.2 Å². The van der Waals surface area contributed by atoms with Crippen molar-refractivity contribution in [1.82, 2.24) is 14.7 Å². The van der Waals surface area contributed by atoms with E-state index in [9.17, 15) is 8.42 Å². The van der Waals surface area contributed by atoms with E-state index >= 15 is 0 Å². The molecule has 1 saturated carbocycles. The van der Waals surface area contributed by atoms with E-state index < -0.39 is 10.0 Å². The van der Waals surface area contributed by atoms with Gasteiger partial charge in [0.15, 0.2) is 0 Å². The Hall–Kier alpha value is -2.19. The third kappa shape index (κ3) is 5.45. The molecule has 1 aromatic carbocycles. The summed E-state index contributed by atoms with van der Waals surface area (Å²) in [6, 6.07) is 7.02. The predicted molar refractivity (Wildman–Crippen MR) is 111 cm³/mol. The number of methoxy groups -OCH3 is 1. The molecular weight excluding hydrogens is 390 g/mol. The molecule has 2 aromatic rings. The van der Waals surface area contributed by atoms with Crippen molar-refractivity contribution in [1.29, 1.82) is 0 Å². The summed E-state index contributed by atoms with van der Waals surface area (Å²) in [5, 5.41) is 0. The molecular formula is C21H29N3O4S. The molecule has 1 heterocycles. The highest BCUT2D eigenvalue weighted by Gasteiger charge is 2.28. The largest absolute Gasteiger partial charge is 0.477 e. The second-order valence-corrected chi connectivity index (χ2v) is 10.1. The summed E-state index contributed by atoms with van der Waals surface area (Å²) in [7, 11) is -2.02. The van der Waals surface area contributed by atoms with Crippen LogP contribution in [-0.4, -0.2) is 37.6 Å². The highest BCUT2D eigenvalue weighted by atomic mass is 32.2. The Kier molecular flexibility index (Phi) is 6.43. The summed E-state index contributed by atoms with van der Waals surface area (Å²) in [5.74, 6) is 0.729. The zero-order valence-electron chi connectivity index (χ0n) is 17.4. The summed E-state index contributed by atoms with van der Waals surface area (Å²) >= 11 is 0. The van der Waals surface area contributed by atoms with Crippen LogP contribution in [0.2, 0.25) is 0 Å². The van der Waals surface area contributed by atoms with Crippen molar-refractivity contribution in [2.24, 2.45) is 0 Å². The molecule has 0 amide bonds. The minimum Gasteiger partial charge on any atom is -0.477 e. The molecule has 1 aromatic heterocycles. The highest BCUT2D eigenvalue weighted by molar-refractivity contribution is 7.89. The topological polar surface area (TPSA) is 90.4 Å². The van der Waals surface area contributed by atoms with Crippen LogP contribution in [0.3, 0.4) is 0 Å². The summed E-state index contributed by atoms with van der Waals surface area (Å²) in [5.41, 5.74) is 1.09. The molecule has 0 bridgehead atoms. The van der Waals surface area contributed by atoms with Crippen LogP contribution in [0.25, 0.3) is 0 Å². The fraction of sp³-hybridized carbons (Fsp3) is 0.524. The summed E-state index contributed by atoms with van der Waals surface area (Å²) in [6.07, 6.45) is 5.94. The molecule has 1 N–H and O–H groups in total. The van der Waals surface area contributed by atoms with Gasteiger partial charge in [0.05, 0.1) is 12.0 Å². The van der Waals surface area contributed by atoms with Gasteiger partial charge in [-0.05, 0) is 48.8 Å². The van der Waals surface area contributed by atoms with Crippen LogP contribution in [-0.2, 0) is 15.4 Å². The number of benzene rings is 1. The molecule has 7 nitrogen and oxygen atoms in total. The molecule has 0 radical (unpaired) electrons. The van der Waals surface area contributed by atoms with Crippen LogP contribution in [0, 0.1) is 0 Å². The van der Waals surface area contributed by atoms with Crippen LogP contribution in [0.1, 0.15) is 52.0 Å². The number of hydrogen-bond acceptors (Lipinski definition) is 6. The Balaban J connectivity index is 1.57. The zero-order chi connectivity index (χ0) is 21.1. The van der Waals surface area contributed by atoms with Crippen molar-refractivity contribution < 1.29 is 17.9 Å². The standard InChI is InChI=1S/C21H29N3O4S/c1-21(2,3)15-5-11-18(12-6-15)29(25,26)24-16-7-9-17(10-8-16)28-20-19(27-4)22-13-14-23-20/h5-6,11-14,16-17,24H,7-10H2,1-4H3. The SMILES string of the molecule is COc1nccnc1OC1CCC(NS(=O)(=O)c2ccc(C(C)(C)C)cc2)CC1. The molecule has 1 fully saturated rings. The molecule has 0 atom stereocenters. The number of rotatable bonds is 6. The van der Waals surface area contributed by atoms with E-state index in [1.54, 1.807) is 24.5 Å². The average molecular weight is 420 g/mol. The highest BCUT2D eigenvalue weighted by Crippen LogP contribution is 2.28. The number of nitrogens with zero attached hydrogens (tertiary/aromatic N) is 2. The lowest BCUT2D eigenvalue weighted by atomic mass is 9.87.